The van der Waals surface area contributed by atoms with Gasteiger partial charge in [-0.3, -0.25) is 4.79 Å². The number of fused-ring (bicyclic) bond motifs is 4. The van der Waals surface area contributed by atoms with Crippen LogP contribution in [0.3, 0.4) is 0 Å². The average Bonchev–Trinajstić information content (AvgIpc) is 3.56. The summed E-state index contributed by atoms with van der Waals surface area (Å²) in [5.41, 5.74) is 6.46. The largest absolute Gasteiger partial charge is 0.449 e. The molecular formula is C31H24N4O3S. The molecule has 1 amide bonds. The summed E-state index contributed by atoms with van der Waals surface area (Å²) in [6.07, 6.45) is 0.881. The number of rotatable bonds is 6. The first kappa shape index (κ1) is 24.6. The minimum atomic E-state index is -1.01. The Balaban J connectivity index is 1.20. The molecule has 2 N–H and O–H groups in total. The predicted molar refractivity (Wildman–Crippen MR) is 152 cm³/mol. The van der Waals surface area contributed by atoms with Crippen LogP contribution >= 0.6 is 11.3 Å². The van der Waals surface area contributed by atoms with Crippen molar-refractivity contribution in [2.45, 2.75) is 32.3 Å². The number of benzene rings is 3. The third-order valence-electron chi connectivity index (χ3n) is 6.94. The Hall–Kier alpha value is -4.74. The highest BCUT2D eigenvalue weighted by molar-refractivity contribution is 7.20. The number of imidazole rings is 1. The molecule has 0 fully saturated rings. The van der Waals surface area contributed by atoms with Crippen molar-refractivity contribution in [1.29, 1.82) is 5.26 Å². The third kappa shape index (κ3) is 4.58. The molecule has 0 saturated heterocycles. The Bertz CT molecular complexity index is 1760. The van der Waals surface area contributed by atoms with Crippen molar-refractivity contribution in [2.24, 2.45) is 0 Å². The van der Waals surface area contributed by atoms with E-state index in [1.807, 2.05) is 48.5 Å². The molecule has 5 aromatic rings. The lowest BCUT2D eigenvalue weighted by Crippen LogP contribution is -2.32. The second-order valence-corrected chi connectivity index (χ2v) is 10.4. The molecule has 8 heteroatoms. The summed E-state index contributed by atoms with van der Waals surface area (Å²) < 4.78 is 5.63. The van der Waals surface area contributed by atoms with Crippen LogP contribution in [0.5, 0.6) is 0 Å². The lowest BCUT2D eigenvalue weighted by atomic mass is 9.90. The van der Waals surface area contributed by atoms with E-state index in [4.69, 9.17) is 4.74 Å². The summed E-state index contributed by atoms with van der Waals surface area (Å²) >= 11 is 1.40. The number of nitriles is 1. The van der Waals surface area contributed by atoms with Gasteiger partial charge in [0.25, 0.3) is 5.91 Å². The van der Waals surface area contributed by atoms with Gasteiger partial charge in [-0.15, -0.1) is 11.3 Å². The number of H-pyrrole nitrogens is 1. The lowest BCUT2D eigenvalue weighted by Gasteiger charge is -2.16. The van der Waals surface area contributed by atoms with E-state index in [9.17, 15) is 14.9 Å². The first-order chi connectivity index (χ1) is 19.1. The highest BCUT2D eigenvalue weighted by Crippen LogP contribution is 2.44. The predicted octanol–water partition coefficient (Wildman–Crippen LogP) is 6.50. The van der Waals surface area contributed by atoms with Gasteiger partial charge in [-0.1, -0.05) is 61.5 Å². The number of nitrogens with zero attached hydrogens (tertiary/aromatic N) is 2. The number of hydrogen-bond acceptors (Lipinski definition) is 6. The Morgan fingerprint density at radius 3 is 2.69 bits per heavy atom. The highest BCUT2D eigenvalue weighted by Gasteiger charge is 2.28. The summed E-state index contributed by atoms with van der Waals surface area (Å²) in [4.78, 5) is 35.1. The fraction of sp³-hybridized carbons (Fsp3) is 0.161. The van der Waals surface area contributed by atoms with E-state index in [1.54, 1.807) is 25.1 Å². The number of amides is 1. The number of carbonyl (C=O) groups is 2. The first-order valence-electron chi connectivity index (χ1n) is 12.8. The molecule has 2 heterocycles. The number of nitrogens with one attached hydrogen (secondary N) is 2. The standard InChI is InChI=1S/C31H24N4O3S/c1-2-26(29(36)35-30-23(17-32)22-14-12-18-8-6-7-11-21(18)27(22)39-30)38-31(37)20-13-15-24-25(16-20)34-28(33-24)19-9-4-3-5-10-19/h3-11,13,15-16,26H,2,12,14H2,1H3,(H,33,34)(H,35,36). The molecule has 192 valence electrons. The Kier molecular flexibility index (Phi) is 6.43. The fourth-order valence-corrected chi connectivity index (χ4v) is 6.19. The number of thiophene rings is 1. The van der Waals surface area contributed by atoms with Crippen LogP contribution in [-0.4, -0.2) is 27.9 Å². The number of aromatic nitrogens is 2. The summed E-state index contributed by atoms with van der Waals surface area (Å²) in [6.45, 7) is 1.78. The van der Waals surface area contributed by atoms with Crippen LogP contribution in [0.4, 0.5) is 5.00 Å². The summed E-state index contributed by atoms with van der Waals surface area (Å²) in [5, 5.41) is 13.3. The number of carbonyl (C=O) groups excluding carboxylic acids is 2. The molecule has 0 bridgehead atoms. The first-order valence-corrected chi connectivity index (χ1v) is 13.6. The maximum atomic E-state index is 13.2. The van der Waals surface area contributed by atoms with Crippen LogP contribution in [0.25, 0.3) is 32.9 Å². The van der Waals surface area contributed by atoms with Crippen LogP contribution in [-0.2, 0) is 22.4 Å². The molecule has 1 aliphatic carbocycles. The molecule has 0 aliphatic heterocycles. The second kappa shape index (κ2) is 10.2. The van der Waals surface area contributed by atoms with Crippen LogP contribution in [0, 0.1) is 11.3 Å². The highest BCUT2D eigenvalue weighted by atomic mass is 32.1. The minimum Gasteiger partial charge on any atom is -0.449 e. The van der Waals surface area contributed by atoms with Crippen molar-refractivity contribution in [1.82, 2.24) is 9.97 Å². The molecule has 3 aromatic carbocycles. The fourth-order valence-electron chi connectivity index (χ4n) is 4.93. The molecule has 1 unspecified atom stereocenters. The molecule has 0 spiro atoms. The molecule has 0 saturated carbocycles. The molecular weight excluding hydrogens is 508 g/mol. The number of ether oxygens (including phenoxy) is 1. The maximum absolute atomic E-state index is 13.2. The minimum absolute atomic E-state index is 0.290. The molecule has 1 atom stereocenters. The maximum Gasteiger partial charge on any atom is 0.338 e. The summed E-state index contributed by atoms with van der Waals surface area (Å²) in [7, 11) is 0. The smallest absolute Gasteiger partial charge is 0.338 e. The van der Waals surface area contributed by atoms with Crippen molar-refractivity contribution in [3.05, 3.63) is 95.1 Å². The van der Waals surface area contributed by atoms with Crippen molar-refractivity contribution in [3.8, 4) is 27.9 Å². The summed E-state index contributed by atoms with van der Waals surface area (Å²) in [5.74, 6) is -0.352. The van der Waals surface area contributed by atoms with Crippen LogP contribution in [0.2, 0.25) is 0 Å². The van der Waals surface area contributed by atoms with Crippen LogP contribution in [0.1, 0.15) is 40.4 Å². The zero-order valence-electron chi connectivity index (χ0n) is 21.2. The van der Waals surface area contributed by atoms with Gasteiger partial charge in [0.05, 0.1) is 22.2 Å². The van der Waals surface area contributed by atoms with Crippen molar-refractivity contribution >= 4 is 39.2 Å². The van der Waals surface area contributed by atoms with Gasteiger partial charge in [0.15, 0.2) is 6.10 Å². The lowest BCUT2D eigenvalue weighted by molar-refractivity contribution is -0.124. The summed E-state index contributed by atoms with van der Waals surface area (Å²) in [6, 6.07) is 25.2. The van der Waals surface area contributed by atoms with E-state index in [1.165, 1.54) is 16.9 Å². The molecule has 7 nitrogen and oxygen atoms in total. The van der Waals surface area contributed by atoms with Crippen molar-refractivity contribution < 1.29 is 14.3 Å². The quantitative estimate of drug-likeness (QED) is 0.243. The van der Waals surface area contributed by atoms with Gasteiger partial charge in [0.2, 0.25) is 0 Å². The van der Waals surface area contributed by atoms with E-state index < -0.39 is 18.0 Å². The van der Waals surface area contributed by atoms with Crippen molar-refractivity contribution in [3.63, 3.8) is 0 Å². The van der Waals surface area contributed by atoms with Gasteiger partial charge in [0, 0.05) is 10.4 Å². The number of aryl methyl sites for hydroxylation is 1. The number of anilines is 1. The SMILES string of the molecule is CCC(OC(=O)c1ccc2nc(-c3ccccc3)[nH]c2c1)C(=O)Nc1sc2c(c1C#N)CCc1ccccc1-2. The van der Waals surface area contributed by atoms with E-state index in [2.05, 4.69) is 27.4 Å². The van der Waals surface area contributed by atoms with E-state index >= 15 is 0 Å². The Labute approximate surface area is 229 Å². The van der Waals surface area contributed by atoms with E-state index in [0.717, 1.165) is 39.9 Å². The van der Waals surface area contributed by atoms with Gasteiger partial charge in [-0.25, -0.2) is 9.78 Å². The Morgan fingerprint density at radius 2 is 1.90 bits per heavy atom. The third-order valence-corrected chi connectivity index (χ3v) is 8.12. The monoisotopic (exact) mass is 532 g/mol. The normalized spacial score (nSPS) is 12.7. The van der Waals surface area contributed by atoms with Gasteiger partial charge in [-0.05, 0) is 54.2 Å². The van der Waals surface area contributed by atoms with Gasteiger partial charge in [-0.2, -0.15) is 5.26 Å². The van der Waals surface area contributed by atoms with Crippen molar-refractivity contribution in [2.75, 3.05) is 5.32 Å². The molecule has 0 radical (unpaired) electrons. The zero-order valence-corrected chi connectivity index (χ0v) is 22.0. The second-order valence-electron chi connectivity index (χ2n) is 9.36. The molecule has 2 aromatic heterocycles. The van der Waals surface area contributed by atoms with Crippen LogP contribution < -0.4 is 5.32 Å². The molecule has 6 rings (SSSR count). The van der Waals surface area contributed by atoms with Gasteiger partial charge in [0.1, 0.15) is 16.9 Å². The zero-order chi connectivity index (χ0) is 26.9. The molecule has 1 aliphatic rings. The number of aromatic amines is 1. The van der Waals surface area contributed by atoms with Crippen LogP contribution in [0.15, 0.2) is 72.8 Å². The van der Waals surface area contributed by atoms with E-state index in [0.29, 0.717) is 27.5 Å². The topological polar surface area (TPSA) is 108 Å². The van der Waals surface area contributed by atoms with E-state index in [-0.39, 0.29) is 6.42 Å². The number of esters is 1. The molecule has 39 heavy (non-hydrogen) atoms. The van der Waals surface area contributed by atoms with Gasteiger partial charge < -0.3 is 15.0 Å². The Morgan fingerprint density at radius 1 is 1.10 bits per heavy atom. The average molecular weight is 533 g/mol. The van der Waals surface area contributed by atoms with Gasteiger partial charge >= 0.3 is 5.97 Å². The number of hydrogen-bond donors (Lipinski definition) is 2.